The zero-order chi connectivity index (χ0) is 24.3. The highest BCUT2D eigenvalue weighted by atomic mass is 19.2. The molecule has 0 bridgehead atoms. The minimum atomic E-state index is -1.99. The molecule has 3 aromatic carbocycles. The van der Waals surface area contributed by atoms with Crippen molar-refractivity contribution >= 4 is 11.1 Å². The molecule has 0 heterocycles. The van der Waals surface area contributed by atoms with Gasteiger partial charge < -0.3 is 0 Å². The lowest BCUT2D eigenvalue weighted by molar-refractivity contribution is 0.447. The second-order valence-electron chi connectivity index (χ2n) is 6.44. The highest BCUT2D eigenvalue weighted by Gasteiger charge is 2.28. The van der Waals surface area contributed by atoms with E-state index in [-0.39, 0.29) is 27.1 Å². The molecule has 0 aromatic heterocycles. The zero-order valence-corrected chi connectivity index (χ0v) is 16.2. The molecule has 0 radical (unpaired) electrons. The van der Waals surface area contributed by atoms with Crippen LogP contribution in [0.15, 0.2) is 42.5 Å². The number of rotatable bonds is 2. The molecule has 158 valence electrons. The van der Waals surface area contributed by atoms with Gasteiger partial charge in [0, 0.05) is 16.0 Å². The predicted molar refractivity (Wildman–Crippen MR) is 105 cm³/mol. The molecule has 0 N–H and O–H groups in total. The molecule has 3 aromatic rings. The van der Waals surface area contributed by atoms with Gasteiger partial charge in [0.1, 0.15) is 41.2 Å². The molecular weight excluding hydrogens is 439 g/mol. The summed E-state index contributed by atoms with van der Waals surface area (Å²) in [5, 5.41) is 36.4. The van der Waals surface area contributed by atoms with Crippen LogP contribution >= 0.6 is 0 Å². The molecule has 3 rings (SSSR count). The van der Waals surface area contributed by atoms with Crippen molar-refractivity contribution in [3.8, 4) is 35.4 Å². The Balaban J connectivity index is 2.63. The number of hydrogen-bond acceptors (Lipinski definition) is 4. The van der Waals surface area contributed by atoms with Gasteiger partial charge in [0.15, 0.2) is 23.3 Å². The maximum Gasteiger partial charge on any atom is 0.180 e. The van der Waals surface area contributed by atoms with Gasteiger partial charge in [-0.3, -0.25) is 0 Å². The van der Waals surface area contributed by atoms with Crippen molar-refractivity contribution in [1.29, 1.82) is 21.0 Å². The molecule has 4 nitrogen and oxygen atoms in total. The summed E-state index contributed by atoms with van der Waals surface area (Å²) in [5.41, 5.74) is -4.50. The van der Waals surface area contributed by atoms with Gasteiger partial charge in [0.05, 0.1) is 11.1 Å². The van der Waals surface area contributed by atoms with E-state index in [0.717, 1.165) is 30.3 Å². The molecule has 0 atom stereocenters. The van der Waals surface area contributed by atoms with Gasteiger partial charge in [-0.1, -0.05) is 30.3 Å². The van der Waals surface area contributed by atoms with Gasteiger partial charge in [0.25, 0.3) is 0 Å². The Kier molecular flexibility index (Phi) is 6.20. The lowest BCUT2D eigenvalue weighted by Crippen LogP contribution is -2.19. The van der Waals surface area contributed by atoms with E-state index in [4.69, 9.17) is 15.8 Å². The van der Waals surface area contributed by atoms with Crippen LogP contribution in [-0.2, 0) is 0 Å². The minimum Gasteiger partial charge on any atom is -0.206 e. The Morgan fingerprint density at radius 2 is 1.27 bits per heavy atom. The fourth-order valence-electron chi connectivity index (χ4n) is 3.17. The van der Waals surface area contributed by atoms with Crippen LogP contribution in [0.4, 0.5) is 22.0 Å². The topological polar surface area (TPSA) is 95.2 Å². The molecule has 9 heteroatoms. The number of nitrogens with zero attached hydrogens (tertiary/aromatic N) is 4. The molecule has 0 unspecified atom stereocenters. The predicted octanol–water partition coefficient (Wildman–Crippen LogP) is 3.84. The molecule has 0 aliphatic rings. The summed E-state index contributed by atoms with van der Waals surface area (Å²) in [6.07, 6.45) is 0. The van der Waals surface area contributed by atoms with Gasteiger partial charge in [-0.05, 0) is 17.7 Å². The molecule has 0 aliphatic carbocycles. The summed E-state index contributed by atoms with van der Waals surface area (Å²) in [6.45, 7) is 0. The van der Waals surface area contributed by atoms with E-state index in [2.05, 4.69) is 0 Å². The normalized spacial score (nSPS) is 10.9. The van der Waals surface area contributed by atoms with E-state index < -0.39 is 45.8 Å². The summed E-state index contributed by atoms with van der Waals surface area (Å²) in [7, 11) is 0. The van der Waals surface area contributed by atoms with E-state index in [0.29, 0.717) is 0 Å². The third kappa shape index (κ3) is 3.76. The van der Waals surface area contributed by atoms with Crippen LogP contribution in [0.1, 0.15) is 11.1 Å². The lowest BCUT2D eigenvalue weighted by atomic mass is 9.94. The summed E-state index contributed by atoms with van der Waals surface area (Å²) < 4.78 is 72.3. The fraction of sp³-hybridized carbons (Fsp3) is 0. The Morgan fingerprint density at radius 3 is 1.79 bits per heavy atom. The number of hydrogen-bond donors (Lipinski definition) is 0. The van der Waals surface area contributed by atoms with Crippen molar-refractivity contribution in [2.75, 3.05) is 0 Å². The fourth-order valence-corrected chi connectivity index (χ4v) is 3.17. The molecular formula is C24H7F5N4. The third-order valence-electron chi connectivity index (χ3n) is 4.70. The SMILES string of the molecule is N#CC(C#N)=c1cc/c(=C(/C#N)c2c(F)c(F)c(C#N)c(F)c2F)c(-c2ccccc2F)c1. The van der Waals surface area contributed by atoms with Crippen LogP contribution in [0.2, 0.25) is 0 Å². The maximum absolute atomic E-state index is 14.7. The zero-order valence-electron chi connectivity index (χ0n) is 16.2. The van der Waals surface area contributed by atoms with Crippen LogP contribution in [0, 0.1) is 74.4 Å². The highest BCUT2D eigenvalue weighted by Crippen LogP contribution is 2.29. The maximum atomic E-state index is 14.7. The van der Waals surface area contributed by atoms with E-state index in [1.165, 1.54) is 24.3 Å². The summed E-state index contributed by atoms with van der Waals surface area (Å²) in [6, 6.07) is 14.2. The van der Waals surface area contributed by atoms with Crippen molar-refractivity contribution in [1.82, 2.24) is 0 Å². The molecule has 0 saturated carbocycles. The second kappa shape index (κ2) is 9.02. The average Bonchev–Trinajstić information content (AvgIpc) is 2.82. The van der Waals surface area contributed by atoms with Crippen molar-refractivity contribution < 1.29 is 22.0 Å². The lowest BCUT2D eigenvalue weighted by Gasteiger charge is -2.11. The van der Waals surface area contributed by atoms with Crippen LogP contribution in [0.3, 0.4) is 0 Å². The Morgan fingerprint density at radius 1 is 0.667 bits per heavy atom. The van der Waals surface area contributed by atoms with E-state index in [9.17, 15) is 27.2 Å². The molecule has 33 heavy (non-hydrogen) atoms. The van der Waals surface area contributed by atoms with Gasteiger partial charge in [-0.25, -0.2) is 22.0 Å². The van der Waals surface area contributed by atoms with E-state index >= 15 is 0 Å². The van der Waals surface area contributed by atoms with Crippen molar-refractivity contribution in [3.63, 3.8) is 0 Å². The van der Waals surface area contributed by atoms with Crippen LogP contribution in [0.5, 0.6) is 0 Å². The summed E-state index contributed by atoms with van der Waals surface area (Å²) in [4.78, 5) is 0. The Labute approximate surface area is 183 Å². The summed E-state index contributed by atoms with van der Waals surface area (Å²) >= 11 is 0. The molecule has 0 saturated heterocycles. The van der Waals surface area contributed by atoms with Crippen molar-refractivity contribution in [2.45, 2.75) is 0 Å². The Bertz CT molecular complexity index is 1570. The van der Waals surface area contributed by atoms with Gasteiger partial charge >= 0.3 is 0 Å². The van der Waals surface area contributed by atoms with E-state index in [1.54, 1.807) is 12.1 Å². The third-order valence-corrected chi connectivity index (χ3v) is 4.70. The van der Waals surface area contributed by atoms with Gasteiger partial charge in [-0.15, -0.1) is 0 Å². The molecule has 0 fully saturated rings. The molecule has 0 aliphatic heterocycles. The van der Waals surface area contributed by atoms with E-state index in [1.807, 2.05) is 0 Å². The first kappa shape index (κ1) is 22.7. The quantitative estimate of drug-likeness (QED) is 0.442. The largest absolute Gasteiger partial charge is 0.206 e. The first-order valence-electron chi connectivity index (χ1n) is 8.90. The van der Waals surface area contributed by atoms with Crippen molar-refractivity contribution in [2.24, 2.45) is 0 Å². The molecule has 0 spiro atoms. The first-order chi connectivity index (χ1) is 15.8. The molecule has 0 amide bonds. The minimum absolute atomic E-state index is 0.0115. The number of benzene rings is 3. The van der Waals surface area contributed by atoms with Crippen LogP contribution < -0.4 is 10.4 Å². The number of halogens is 5. The van der Waals surface area contributed by atoms with Crippen LogP contribution in [0.25, 0.3) is 22.3 Å². The summed E-state index contributed by atoms with van der Waals surface area (Å²) in [5.74, 6) is -8.76. The second-order valence-corrected chi connectivity index (χ2v) is 6.44. The van der Waals surface area contributed by atoms with Crippen molar-refractivity contribution in [3.05, 3.63) is 93.1 Å². The number of nitriles is 4. The van der Waals surface area contributed by atoms with Crippen LogP contribution in [-0.4, -0.2) is 0 Å². The van der Waals surface area contributed by atoms with Gasteiger partial charge in [-0.2, -0.15) is 21.0 Å². The van der Waals surface area contributed by atoms with Gasteiger partial charge in [0.2, 0.25) is 0 Å². The smallest absolute Gasteiger partial charge is 0.180 e. The Hall–Kier alpha value is -4.99. The monoisotopic (exact) mass is 446 g/mol. The standard InChI is InChI=1S/C24H7F5N4/c25-19-4-2-1-3-15(19)16-7-12(13(8-30)9-31)5-6-14(16)17(10-32)20-23(28)21(26)18(11-33)22(27)24(20)29/h1-7H/b17-14+. The highest BCUT2D eigenvalue weighted by molar-refractivity contribution is 5.83. The first-order valence-corrected chi connectivity index (χ1v) is 8.90. The average molecular weight is 446 g/mol.